The van der Waals surface area contributed by atoms with Crippen LogP contribution in [-0.4, -0.2) is 35.0 Å². The molecule has 1 amide bonds. The van der Waals surface area contributed by atoms with Gasteiger partial charge in [0.05, 0.1) is 11.8 Å². The van der Waals surface area contributed by atoms with E-state index >= 15 is 0 Å². The number of carboxylic acid groups (broad SMARTS) is 1. The summed E-state index contributed by atoms with van der Waals surface area (Å²) in [6.45, 7) is 2.66. The molecule has 1 aliphatic rings. The Morgan fingerprint density at radius 1 is 1.35 bits per heavy atom. The number of carbonyl (C=O) groups excluding carboxylic acids is 1. The lowest BCUT2D eigenvalue weighted by molar-refractivity contribution is -0.148. The molecule has 0 aromatic heterocycles. The predicted molar refractivity (Wildman–Crippen MR) is 69.1 cm³/mol. The first-order valence-electron chi connectivity index (χ1n) is 6.09. The second-order valence-corrected chi connectivity index (χ2v) is 5.90. The van der Waals surface area contributed by atoms with Crippen LogP contribution in [0.1, 0.15) is 32.6 Å². The first-order chi connectivity index (χ1) is 8.06. The molecule has 5 heteroatoms. The van der Waals surface area contributed by atoms with E-state index in [4.69, 9.17) is 5.11 Å². The van der Waals surface area contributed by atoms with Crippen molar-refractivity contribution in [3.8, 4) is 0 Å². The van der Waals surface area contributed by atoms with E-state index in [2.05, 4.69) is 5.32 Å². The van der Waals surface area contributed by atoms with Gasteiger partial charge in [-0.05, 0) is 19.1 Å². The number of aliphatic carboxylic acids is 1. The highest BCUT2D eigenvalue weighted by Gasteiger charge is 2.35. The zero-order valence-electron chi connectivity index (χ0n) is 10.4. The highest BCUT2D eigenvalue weighted by molar-refractivity contribution is 7.99. The smallest absolute Gasteiger partial charge is 0.307 e. The molecule has 0 aliphatic heterocycles. The third kappa shape index (κ3) is 4.22. The zero-order chi connectivity index (χ0) is 12.8. The second kappa shape index (κ2) is 6.89. The van der Waals surface area contributed by atoms with Gasteiger partial charge in [0, 0.05) is 11.8 Å². The van der Waals surface area contributed by atoms with E-state index < -0.39 is 11.9 Å². The maximum Gasteiger partial charge on any atom is 0.307 e. The van der Waals surface area contributed by atoms with Gasteiger partial charge in [0.1, 0.15) is 0 Å². The molecule has 0 aromatic carbocycles. The van der Waals surface area contributed by atoms with Crippen LogP contribution in [-0.2, 0) is 9.59 Å². The molecule has 1 fully saturated rings. The number of hydrogen-bond donors (Lipinski definition) is 2. The van der Waals surface area contributed by atoms with Gasteiger partial charge >= 0.3 is 5.97 Å². The number of carboxylic acids is 1. The van der Waals surface area contributed by atoms with Crippen LogP contribution in [0.15, 0.2) is 0 Å². The third-order valence-corrected chi connectivity index (χ3v) is 4.36. The minimum absolute atomic E-state index is 0.0852. The van der Waals surface area contributed by atoms with Gasteiger partial charge in [0.25, 0.3) is 0 Å². The molecule has 0 aromatic rings. The zero-order valence-corrected chi connectivity index (χ0v) is 11.3. The van der Waals surface area contributed by atoms with Crippen LogP contribution in [0.4, 0.5) is 0 Å². The highest BCUT2D eigenvalue weighted by Crippen LogP contribution is 2.30. The maximum absolute atomic E-state index is 11.9. The number of hydrogen-bond acceptors (Lipinski definition) is 3. The Morgan fingerprint density at radius 3 is 2.47 bits per heavy atom. The molecule has 98 valence electrons. The lowest BCUT2D eigenvalue weighted by Crippen LogP contribution is -2.41. The molecule has 0 saturated heterocycles. The summed E-state index contributed by atoms with van der Waals surface area (Å²) in [4.78, 5) is 23.0. The van der Waals surface area contributed by atoms with E-state index in [1.165, 1.54) is 0 Å². The Kier molecular flexibility index (Phi) is 5.82. The maximum atomic E-state index is 11.9. The van der Waals surface area contributed by atoms with Gasteiger partial charge in [-0.25, -0.2) is 0 Å². The summed E-state index contributed by atoms with van der Waals surface area (Å²) < 4.78 is 0. The van der Waals surface area contributed by atoms with E-state index in [1.807, 2.05) is 13.2 Å². The van der Waals surface area contributed by atoms with Crippen LogP contribution in [0.25, 0.3) is 0 Å². The summed E-state index contributed by atoms with van der Waals surface area (Å²) in [6.07, 6.45) is 5.21. The van der Waals surface area contributed by atoms with Crippen molar-refractivity contribution in [3.05, 3.63) is 0 Å². The van der Waals surface area contributed by atoms with Crippen LogP contribution in [0.2, 0.25) is 0 Å². The molecule has 1 rings (SSSR count). The summed E-state index contributed by atoms with van der Waals surface area (Å²) >= 11 is 1.69. The molecular weight excluding hydrogens is 238 g/mol. The minimum Gasteiger partial charge on any atom is -0.481 e. The fourth-order valence-electron chi connectivity index (χ4n) is 2.20. The van der Waals surface area contributed by atoms with E-state index in [0.717, 1.165) is 12.8 Å². The van der Waals surface area contributed by atoms with Crippen LogP contribution < -0.4 is 5.32 Å². The molecule has 0 radical (unpaired) electrons. The molecule has 4 nitrogen and oxygen atoms in total. The van der Waals surface area contributed by atoms with Crippen molar-refractivity contribution in [2.75, 3.05) is 12.8 Å². The Hall–Kier alpha value is -0.710. The summed E-state index contributed by atoms with van der Waals surface area (Å²) in [5.41, 5.74) is 0. The highest BCUT2D eigenvalue weighted by atomic mass is 32.2. The topological polar surface area (TPSA) is 66.4 Å². The monoisotopic (exact) mass is 259 g/mol. The van der Waals surface area contributed by atoms with Crippen molar-refractivity contribution in [1.29, 1.82) is 0 Å². The lowest BCUT2D eigenvalue weighted by Gasteiger charge is -2.27. The van der Waals surface area contributed by atoms with E-state index in [9.17, 15) is 9.59 Å². The number of carbonyl (C=O) groups is 2. The number of amides is 1. The average Bonchev–Trinajstić information content (AvgIpc) is 2.35. The molecule has 17 heavy (non-hydrogen) atoms. The van der Waals surface area contributed by atoms with Crippen molar-refractivity contribution >= 4 is 23.6 Å². The van der Waals surface area contributed by atoms with E-state index in [-0.39, 0.29) is 11.8 Å². The Morgan fingerprint density at radius 2 is 1.94 bits per heavy atom. The Labute approximate surface area is 107 Å². The first-order valence-corrected chi connectivity index (χ1v) is 7.38. The first kappa shape index (κ1) is 14.4. The summed E-state index contributed by atoms with van der Waals surface area (Å²) in [5.74, 6) is -1.75. The van der Waals surface area contributed by atoms with Gasteiger partial charge in [-0.2, -0.15) is 11.8 Å². The number of rotatable bonds is 5. The van der Waals surface area contributed by atoms with Crippen molar-refractivity contribution in [1.82, 2.24) is 5.32 Å². The lowest BCUT2D eigenvalue weighted by atomic mass is 9.79. The van der Waals surface area contributed by atoms with Crippen LogP contribution >= 0.6 is 11.8 Å². The normalized spacial score (nSPS) is 26.2. The molecule has 0 heterocycles. The molecule has 1 saturated carbocycles. The van der Waals surface area contributed by atoms with E-state index in [1.54, 1.807) is 11.8 Å². The SMILES string of the molecule is CSC(C)CNC(=O)[C@@H]1CCCC[C@@H]1C(=O)O. The predicted octanol–water partition coefficient (Wildman–Crippen LogP) is 1.75. The van der Waals surface area contributed by atoms with Crippen LogP contribution in [0, 0.1) is 11.8 Å². The largest absolute Gasteiger partial charge is 0.481 e. The molecule has 1 unspecified atom stereocenters. The average molecular weight is 259 g/mol. The van der Waals surface area contributed by atoms with Crippen LogP contribution in [0.3, 0.4) is 0 Å². The molecular formula is C12H21NO3S. The van der Waals surface area contributed by atoms with Crippen molar-refractivity contribution in [3.63, 3.8) is 0 Å². The quantitative estimate of drug-likeness (QED) is 0.789. The standard InChI is InChI=1S/C12H21NO3S/c1-8(17-2)7-13-11(14)9-5-3-4-6-10(9)12(15)16/h8-10H,3-7H2,1-2H3,(H,13,14)(H,15,16)/t8?,9-,10+/m1/s1. The van der Waals surface area contributed by atoms with Gasteiger partial charge in [0.15, 0.2) is 0 Å². The van der Waals surface area contributed by atoms with Crippen LogP contribution in [0.5, 0.6) is 0 Å². The molecule has 3 atom stereocenters. The molecule has 0 spiro atoms. The van der Waals surface area contributed by atoms with Crippen molar-refractivity contribution in [2.45, 2.75) is 37.9 Å². The summed E-state index contributed by atoms with van der Waals surface area (Å²) in [5, 5.41) is 12.3. The fraction of sp³-hybridized carbons (Fsp3) is 0.833. The van der Waals surface area contributed by atoms with Gasteiger partial charge in [0.2, 0.25) is 5.91 Å². The van der Waals surface area contributed by atoms with Gasteiger partial charge in [-0.15, -0.1) is 0 Å². The van der Waals surface area contributed by atoms with Gasteiger partial charge < -0.3 is 10.4 Å². The van der Waals surface area contributed by atoms with Crippen molar-refractivity contribution < 1.29 is 14.7 Å². The van der Waals surface area contributed by atoms with Gasteiger partial charge in [-0.1, -0.05) is 19.8 Å². The molecule has 0 bridgehead atoms. The fourth-order valence-corrected chi connectivity index (χ4v) is 2.45. The second-order valence-electron chi connectivity index (χ2n) is 4.63. The number of nitrogens with one attached hydrogen (secondary N) is 1. The summed E-state index contributed by atoms with van der Waals surface area (Å²) in [6, 6.07) is 0. The Bertz CT molecular complexity index is 283. The summed E-state index contributed by atoms with van der Waals surface area (Å²) in [7, 11) is 0. The molecule has 1 aliphatic carbocycles. The van der Waals surface area contributed by atoms with Gasteiger partial charge in [-0.3, -0.25) is 9.59 Å². The van der Waals surface area contributed by atoms with E-state index in [0.29, 0.717) is 24.6 Å². The number of thioether (sulfide) groups is 1. The minimum atomic E-state index is -0.831. The Balaban J connectivity index is 2.50. The third-order valence-electron chi connectivity index (χ3n) is 3.39. The molecule has 2 N–H and O–H groups in total. The van der Waals surface area contributed by atoms with Crippen molar-refractivity contribution in [2.24, 2.45) is 11.8 Å².